The maximum absolute atomic E-state index is 12.8. The van der Waals surface area contributed by atoms with E-state index in [-0.39, 0.29) is 5.56 Å². The standard InChI is InChI=1S/C19H15ClN2O/c20-17-15-10-4-6-13-7-5-11-22(18(13)15)19(23)16(17)12-21-14-8-2-1-3-9-14/h1-4,6,8-10,12H,5,7,11H2. The van der Waals surface area contributed by atoms with E-state index in [1.54, 1.807) is 6.21 Å². The van der Waals surface area contributed by atoms with Gasteiger partial charge in [0.05, 0.1) is 21.8 Å². The lowest BCUT2D eigenvalue weighted by Gasteiger charge is -2.20. The van der Waals surface area contributed by atoms with Crippen LogP contribution in [-0.2, 0) is 13.0 Å². The second-order valence-corrected chi connectivity index (χ2v) is 6.07. The first-order valence-corrected chi connectivity index (χ1v) is 8.06. The Bertz CT molecular complexity index is 974. The fraction of sp³-hybridized carbons (Fsp3) is 0.158. The summed E-state index contributed by atoms with van der Waals surface area (Å²) in [6.45, 7) is 0.732. The Kier molecular flexibility index (Phi) is 3.50. The van der Waals surface area contributed by atoms with Gasteiger partial charge in [0.15, 0.2) is 0 Å². The van der Waals surface area contributed by atoms with Crippen molar-refractivity contribution >= 4 is 34.4 Å². The van der Waals surface area contributed by atoms with Crippen molar-refractivity contribution in [3.8, 4) is 0 Å². The highest BCUT2D eigenvalue weighted by Crippen LogP contribution is 2.30. The van der Waals surface area contributed by atoms with Crippen LogP contribution in [-0.4, -0.2) is 10.8 Å². The quantitative estimate of drug-likeness (QED) is 0.646. The number of benzene rings is 2. The third-order valence-electron chi connectivity index (χ3n) is 4.26. The Hall–Kier alpha value is -2.39. The fourth-order valence-corrected chi connectivity index (χ4v) is 3.46. The van der Waals surface area contributed by atoms with E-state index in [1.165, 1.54) is 5.56 Å². The minimum atomic E-state index is -0.0608. The molecule has 1 aromatic heterocycles. The number of para-hydroxylation sites is 2. The molecule has 0 saturated heterocycles. The van der Waals surface area contributed by atoms with Crippen LogP contribution in [0, 0.1) is 0 Å². The van der Waals surface area contributed by atoms with Crippen molar-refractivity contribution in [2.24, 2.45) is 4.99 Å². The summed E-state index contributed by atoms with van der Waals surface area (Å²) in [6.07, 6.45) is 3.55. The zero-order valence-electron chi connectivity index (χ0n) is 12.5. The third kappa shape index (κ3) is 2.37. The first-order chi connectivity index (χ1) is 11.3. The molecular formula is C19H15ClN2O. The maximum Gasteiger partial charge on any atom is 0.261 e. The van der Waals surface area contributed by atoms with Crippen LogP contribution in [0.15, 0.2) is 58.3 Å². The number of aromatic nitrogens is 1. The molecule has 0 atom stereocenters. The maximum atomic E-state index is 12.8. The van der Waals surface area contributed by atoms with E-state index in [9.17, 15) is 4.79 Å². The van der Waals surface area contributed by atoms with E-state index in [4.69, 9.17) is 11.6 Å². The normalized spacial score (nSPS) is 13.8. The van der Waals surface area contributed by atoms with Crippen molar-refractivity contribution in [2.75, 3.05) is 0 Å². The molecule has 114 valence electrons. The number of halogens is 1. The summed E-state index contributed by atoms with van der Waals surface area (Å²) in [6, 6.07) is 15.6. The molecule has 1 aliphatic rings. The summed E-state index contributed by atoms with van der Waals surface area (Å²) in [7, 11) is 0. The molecule has 4 rings (SSSR count). The molecule has 1 aliphatic heterocycles. The average molecular weight is 323 g/mol. The number of pyridine rings is 1. The summed E-state index contributed by atoms with van der Waals surface area (Å²) >= 11 is 6.53. The molecule has 0 aliphatic carbocycles. The van der Waals surface area contributed by atoms with Gasteiger partial charge in [-0.05, 0) is 30.5 Å². The van der Waals surface area contributed by atoms with Gasteiger partial charge in [0, 0.05) is 18.1 Å². The van der Waals surface area contributed by atoms with Crippen LogP contribution < -0.4 is 5.56 Å². The number of aryl methyl sites for hydroxylation is 2. The second-order valence-electron chi connectivity index (χ2n) is 5.70. The van der Waals surface area contributed by atoms with Crippen molar-refractivity contribution in [3.05, 3.63) is 75.0 Å². The lowest BCUT2D eigenvalue weighted by molar-refractivity contribution is 0.615. The summed E-state index contributed by atoms with van der Waals surface area (Å²) in [5.41, 5.74) is 3.37. The van der Waals surface area contributed by atoms with Gasteiger partial charge in [-0.15, -0.1) is 0 Å². The van der Waals surface area contributed by atoms with Gasteiger partial charge < -0.3 is 4.57 Å². The summed E-state index contributed by atoms with van der Waals surface area (Å²) in [4.78, 5) is 17.2. The van der Waals surface area contributed by atoms with Crippen LogP contribution in [0.1, 0.15) is 17.5 Å². The molecule has 0 radical (unpaired) electrons. The first-order valence-electron chi connectivity index (χ1n) is 7.69. The Morgan fingerprint density at radius 1 is 1.09 bits per heavy atom. The number of nitrogens with zero attached hydrogens (tertiary/aromatic N) is 2. The molecule has 0 amide bonds. The Morgan fingerprint density at radius 3 is 2.74 bits per heavy atom. The number of hydrogen-bond acceptors (Lipinski definition) is 2. The van der Waals surface area contributed by atoms with Crippen LogP contribution in [0.5, 0.6) is 0 Å². The molecule has 0 fully saturated rings. The van der Waals surface area contributed by atoms with Crippen molar-refractivity contribution < 1.29 is 0 Å². The smallest absolute Gasteiger partial charge is 0.261 e. The third-order valence-corrected chi connectivity index (χ3v) is 4.67. The van der Waals surface area contributed by atoms with Crippen LogP contribution >= 0.6 is 11.6 Å². The van der Waals surface area contributed by atoms with Crippen molar-refractivity contribution in [1.82, 2.24) is 4.57 Å². The largest absolute Gasteiger partial charge is 0.307 e. The van der Waals surface area contributed by atoms with Gasteiger partial charge in [0.25, 0.3) is 5.56 Å². The van der Waals surface area contributed by atoms with E-state index in [0.717, 1.165) is 36.0 Å². The van der Waals surface area contributed by atoms with E-state index in [2.05, 4.69) is 11.1 Å². The van der Waals surface area contributed by atoms with Gasteiger partial charge in [0.2, 0.25) is 0 Å². The van der Waals surface area contributed by atoms with Gasteiger partial charge in [0.1, 0.15) is 0 Å². The minimum absolute atomic E-state index is 0.0608. The second kappa shape index (κ2) is 5.67. The summed E-state index contributed by atoms with van der Waals surface area (Å²) in [5, 5.41) is 1.42. The molecule has 3 aromatic rings. The highest BCUT2D eigenvalue weighted by Gasteiger charge is 2.19. The molecule has 0 bridgehead atoms. The van der Waals surface area contributed by atoms with Crippen LogP contribution in [0.2, 0.25) is 5.02 Å². The van der Waals surface area contributed by atoms with Gasteiger partial charge in [-0.1, -0.05) is 48.0 Å². The molecule has 23 heavy (non-hydrogen) atoms. The Labute approximate surface area is 138 Å². The summed E-state index contributed by atoms with van der Waals surface area (Å²) in [5.74, 6) is 0. The molecule has 0 unspecified atom stereocenters. The van der Waals surface area contributed by atoms with Gasteiger partial charge >= 0.3 is 0 Å². The predicted octanol–water partition coefficient (Wildman–Crippen LogP) is 4.35. The molecule has 3 nitrogen and oxygen atoms in total. The van der Waals surface area contributed by atoms with E-state index in [0.29, 0.717) is 10.6 Å². The lowest BCUT2D eigenvalue weighted by Crippen LogP contribution is -2.27. The summed E-state index contributed by atoms with van der Waals surface area (Å²) < 4.78 is 1.84. The zero-order chi connectivity index (χ0) is 15.8. The average Bonchev–Trinajstić information content (AvgIpc) is 2.60. The van der Waals surface area contributed by atoms with E-state index < -0.39 is 0 Å². The molecule has 2 heterocycles. The molecular weight excluding hydrogens is 308 g/mol. The number of rotatable bonds is 2. The van der Waals surface area contributed by atoms with Crippen LogP contribution in [0.4, 0.5) is 5.69 Å². The SMILES string of the molecule is O=c1c(C=Nc2ccccc2)c(Cl)c2cccc3c2n1CCC3. The zero-order valence-corrected chi connectivity index (χ0v) is 13.3. The molecule has 0 N–H and O–H groups in total. The van der Waals surface area contributed by atoms with E-state index >= 15 is 0 Å². The lowest BCUT2D eigenvalue weighted by atomic mass is 10.00. The van der Waals surface area contributed by atoms with Crippen LogP contribution in [0.25, 0.3) is 10.9 Å². The van der Waals surface area contributed by atoms with Crippen molar-refractivity contribution in [1.29, 1.82) is 0 Å². The Balaban J connectivity index is 1.95. The van der Waals surface area contributed by atoms with Gasteiger partial charge in [-0.25, -0.2) is 0 Å². The monoisotopic (exact) mass is 322 g/mol. The number of hydrogen-bond donors (Lipinski definition) is 0. The van der Waals surface area contributed by atoms with Crippen molar-refractivity contribution in [3.63, 3.8) is 0 Å². The van der Waals surface area contributed by atoms with Gasteiger partial charge in [-0.3, -0.25) is 9.79 Å². The molecule has 2 aromatic carbocycles. The molecule has 0 saturated carbocycles. The van der Waals surface area contributed by atoms with Crippen molar-refractivity contribution in [2.45, 2.75) is 19.4 Å². The molecule has 4 heteroatoms. The molecule has 0 spiro atoms. The highest BCUT2D eigenvalue weighted by molar-refractivity contribution is 6.37. The van der Waals surface area contributed by atoms with Gasteiger partial charge in [-0.2, -0.15) is 0 Å². The highest BCUT2D eigenvalue weighted by atomic mass is 35.5. The predicted molar refractivity (Wildman–Crippen MR) is 95.2 cm³/mol. The minimum Gasteiger partial charge on any atom is -0.307 e. The van der Waals surface area contributed by atoms with E-state index in [1.807, 2.05) is 47.0 Å². The first kappa shape index (κ1) is 14.2. The Morgan fingerprint density at radius 2 is 1.91 bits per heavy atom. The van der Waals surface area contributed by atoms with Crippen LogP contribution in [0.3, 0.4) is 0 Å². The number of aliphatic imine (C=N–C) groups is 1. The topological polar surface area (TPSA) is 34.4 Å². The fourth-order valence-electron chi connectivity index (χ4n) is 3.18.